The Balaban J connectivity index is 1.54. The van der Waals surface area contributed by atoms with E-state index in [1.54, 1.807) is 10.7 Å². The zero-order valence-electron chi connectivity index (χ0n) is 16.5. The molecule has 154 valence electrons. The summed E-state index contributed by atoms with van der Waals surface area (Å²) in [6.07, 6.45) is 1.59. The number of carbonyl (C=O) groups excluding carboxylic acids is 2. The third-order valence-corrected chi connectivity index (χ3v) is 5.35. The van der Waals surface area contributed by atoms with Gasteiger partial charge in [0.05, 0.1) is 12.5 Å². The average Bonchev–Trinajstić information content (AvgIpc) is 3.17. The Morgan fingerprint density at radius 2 is 2.13 bits per heavy atom. The van der Waals surface area contributed by atoms with E-state index in [0.29, 0.717) is 11.7 Å². The molecule has 2 N–H and O–H groups in total. The number of anilines is 2. The predicted molar refractivity (Wildman–Crippen MR) is 116 cm³/mol. The molecule has 0 radical (unpaired) electrons. The van der Waals surface area contributed by atoms with Gasteiger partial charge in [-0.1, -0.05) is 28.1 Å². The van der Waals surface area contributed by atoms with Gasteiger partial charge in [-0.15, -0.1) is 0 Å². The second kappa shape index (κ2) is 8.27. The molecule has 2 amide bonds. The number of nitrogens with one attached hydrogen (secondary N) is 2. The van der Waals surface area contributed by atoms with Gasteiger partial charge < -0.3 is 10.1 Å². The molecule has 0 saturated carbocycles. The molecule has 0 bridgehead atoms. The monoisotopic (exact) mass is 469 g/mol. The van der Waals surface area contributed by atoms with E-state index in [1.807, 2.05) is 44.2 Å². The first-order valence-corrected chi connectivity index (χ1v) is 10.2. The Bertz CT molecular complexity index is 1130. The Hall–Kier alpha value is -3.20. The Kier molecular flexibility index (Phi) is 5.54. The summed E-state index contributed by atoms with van der Waals surface area (Å²) in [7, 11) is 0. The van der Waals surface area contributed by atoms with E-state index in [9.17, 15) is 9.59 Å². The van der Waals surface area contributed by atoms with Gasteiger partial charge in [-0.05, 0) is 49.2 Å². The lowest BCUT2D eigenvalue weighted by atomic mass is 10.0. The molecule has 4 rings (SSSR count). The van der Waals surface area contributed by atoms with Crippen LogP contribution in [0.2, 0.25) is 0 Å². The van der Waals surface area contributed by atoms with E-state index in [4.69, 9.17) is 4.74 Å². The summed E-state index contributed by atoms with van der Waals surface area (Å²) in [5, 5.41) is 9.81. The molecule has 0 unspecified atom stereocenters. The largest absolute Gasteiger partial charge is 0.483 e. The Labute approximate surface area is 181 Å². The zero-order chi connectivity index (χ0) is 21.3. The summed E-state index contributed by atoms with van der Waals surface area (Å²) in [6.45, 7) is 3.75. The van der Waals surface area contributed by atoms with Crippen molar-refractivity contribution in [3.8, 4) is 5.75 Å². The molecule has 1 atom stereocenters. The standard InChI is InChI=1S/C21H20BrN5O3/c1-12-3-4-13(2)16(7-12)25-20(29)10-30-18-6-5-14(22)8-15(18)17-9-19(28)26-21-23-11-24-27(17)21/h3-8,11,17H,9-10H2,1-2H3,(H,25,29)(H,23,24,26,28)/t17-/m0/s1. The Morgan fingerprint density at radius 1 is 1.30 bits per heavy atom. The first kappa shape index (κ1) is 20.1. The normalized spacial score (nSPS) is 15.3. The summed E-state index contributed by atoms with van der Waals surface area (Å²) >= 11 is 3.47. The molecule has 0 aliphatic carbocycles. The van der Waals surface area contributed by atoms with Crippen molar-refractivity contribution in [1.29, 1.82) is 0 Å². The van der Waals surface area contributed by atoms with Crippen molar-refractivity contribution < 1.29 is 14.3 Å². The van der Waals surface area contributed by atoms with Crippen LogP contribution < -0.4 is 15.4 Å². The zero-order valence-corrected chi connectivity index (χ0v) is 18.1. The molecule has 1 aromatic heterocycles. The first-order valence-electron chi connectivity index (χ1n) is 9.39. The molecule has 0 spiro atoms. The maximum absolute atomic E-state index is 12.5. The fourth-order valence-electron chi connectivity index (χ4n) is 3.36. The van der Waals surface area contributed by atoms with Crippen LogP contribution in [0.25, 0.3) is 0 Å². The Morgan fingerprint density at radius 3 is 2.97 bits per heavy atom. The minimum Gasteiger partial charge on any atom is -0.483 e. The lowest BCUT2D eigenvalue weighted by Gasteiger charge is -2.25. The number of hydrogen-bond donors (Lipinski definition) is 2. The van der Waals surface area contributed by atoms with Gasteiger partial charge in [0.1, 0.15) is 12.1 Å². The van der Waals surface area contributed by atoms with Gasteiger partial charge in [0.15, 0.2) is 6.61 Å². The molecule has 0 fully saturated rings. The lowest BCUT2D eigenvalue weighted by Crippen LogP contribution is -2.30. The number of rotatable bonds is 5. The molecule has 2 heterocycles. The maximum atomic E-state index is 12.5. The highest BCUT2D eigenvalue weighted by molar-refractivity contribution is 9.10. The van der Waals surface area contributed by atoms with Gasteiger partial charge in [0.2, 0.25) is 11.9 Å². The van der Waals surface area contributed by atoms with Crippen LogP contribution in [0.15, 0.2) is 47.2 Å². The van der Waals surface area contributed by atoms with Crippen molar-refractivity contribution in [2.24, 2.45) is 0 Å². The van der Waals surface area contributed by atoms with E-state index in [0.717, 1.165) is 26.9 Å². The molecule has 8 nitrogen and oxygen atoms in total. The van der Waals surface area contributed by atoms with Crippen LogP contribution >= 0.6 is 15.9 Å². The number of ether oxygens (including phenoxy) is 1. The maximum Gasteiger partial charge on any atom is 0.262 e. The van der Waals surface area contributed by atoms with Crippen LogP contribution in [0, 0.1) is 13.8 Å². The fourth-order valence-corrected chi connectivity index (χ4v) is 3.74. The highest BCUT2D eigenvalue weighted by Crippen LogP contribution is 2.36. The van der Waals surface area contributed by atoms with Gasteiger partial charge in [-0.25, -0.2) is 4.68 Å². The van der Waals surface area contributed by atoms with Gasteiger partial charge in [0, 0.05) is 15.7 Å². The molecule has 1 aliphatic heterocycles. The van der Waals surface area contributed by atoms with Crippen LogP contribution in [0.1, 0.15) is 29.2 Å². The minimum atomic E-state index is -0.383. The van der Waals surface area contributed by atoms with Crippen molar-refractivity contribution in [2.45, 2.75) is 26.3 Å². The summed E-state index contributed by atoms with van der Waals surface area (Å²) in [5.74, 6) is 0.477. The van der Waals surface area contributed by atoms with E-state index in [1.165, 1.54) is 6.33 Å². The van der Waals surface area contributed by atoms with E-state index < -0.39 is 0 Å². The minimum absolute atomic E-state index is 0.154. The first-order chi connectivity index (χ1) is 14.4. The van der Waals surface area contributed by atoms with Crippen molar-refractivity contribution in [3.63, 3.8) is 0 Å². The van der Waals surface area contributed by atoms with E-state index >= 15 is 0 Å². The molecule has 1 aliphatic rings. The smallest absolute Gasteiger partial charge is 0.262 e. The highest BCUT2D eigenvalue weighted by atomic mass is 79.9. The topological polar surface area (TPSA) is 98.1 Å². The van der Waals surface area contributed by atoms with Crippen LogP contribution in [-0.2, 0) is 9.59 Å². The van der Waals surface area contributed by atoms with E-state index in [-0.39, 0.29) is 30.9 Å². The second-order valence-corrected chi connectivity index (χ2v) is 8.05. The number of halogens is 1. The number of carbonyl (C=O) groups is 2. The average molecular weight is 470 g/mol. The van der Waals surface area contributed by atoms with Crippen LogP contribution in [0.3, 0.4) is 0 Å². The molecule has 2 aromatic carbocycles. The van der Waals surface area contributed by atoms with Gasteiger partial charge in [0.25, 0.3) is 5.91 Å². The van der Waals surface area contributed by atoms with Gasteiger partial charge in [-0.2, -0.15) is 10.1 Å². The molecular formula is C21H20BrN5O3. The molecule has 3 aromatic rings. The highest BCUT2D eigenvalue weighted by Gasteiger charge is 2.30. The number of aryl methyl sites for hydroxylation is 2. The molecule has 9 heteroatoms. The third-order valence-electron chi connectivity index (χ3n) is 4.86. The second-order valence-electron chi connectivity index (χ2n) is 7.13. The van der Waals surface area contributed by atoms with Crippen LogP contribution in [0.5, 0.6) is 5.75 Å². The SMILES string of the molecule is Cc1ccc(C)c(NC(=O)COc2ccc(Br)cc2[C@@H]2CC(=O)Nc3ncnn32)c1. The number of fused-ring (bicyclic) bond motifs is 1. The lowest BCUT2D eigenvalue weighted by molar-refractivity contribution is -0.118. The van der Waals surface area contributed by atoms with E-state index in [2.05, 4.69) is 36.6 Å². The van der Waals surface area contributed by atoms with Crippen LogP contribution in [-0.4, -0.2) is 33.2 Å². The quantitative estimate of drug-likeness (QED) is 0.594. The number of amides is 2. The number of nitrogens with zero attached hydrogens (tertiary/aromatic N) is 3. The molecule has 0 saturated heterocycles. The summed E-state index contributed by atoms with van der Waals surface area (Å²) in [6, 6.07) is 11.0. The number of hydrogen-bond acceptors (Lipinski definition) is 5. The van der Waals surface area contributed by atoms with Gasteiger partial charge in [-0.3, -0.25) is 14.9 Å². The van der Waals surface area contributed by atoms with Crippen molar-refractivity contribution in [1.82, 2.24) is 14.8 Å². The molecular weight excluding hydrogens is 450 g/mol. The summed E-state index contributed by atoms with van der Waals surface area (Å²) in [5.41, 5.74) is 3.54. The third kappa shape index (κ3) is 4.20. The number of benzene rings is 2. The molecule has 30 heavy (non-hydrogen) atoms. The summed E-state index contributed by atoms with van der Waals surface area (Å²) in [4.78, 5) is 28.7. The van der Waals surface area contributed by atoms with Crippen molar-refractivity contribution >= 4 is 39.4 Å². The predicted octanol–water partition coefficient (Wildman–Crippen LogP) is 3.61. The van der Waals surface area contributed by atoms with Crippen molar-refractivity contribution in [3.05, 3.63) is 63.9 Å². The van der Waals surface area contributed by atoms with Gasteiger partial charge >= 0.3 is 0 Å². The summed E-state index contributed by atoms with van der Waals surface area (Å²) < 4.78 is 8.33. The number of aromatic nitrogens is 3. The fraction of sp³-hybridized carbons (Fsp3) is 0.238. The van der Waals surface area contributed by atoms with Crippen molar-refractivity contribution in [2.75, 3.05) is 17.2 Å². The van der Waals surface area contributed by atoms with Crippen LogP contribution in [0.4, 0.5) is 11.6 Å².